The number of aryl methyl sites for hydroxylation is 2. The van der Waals surface area contributed by atoms with E-state index in [9.17, 15) is 0 Å². The van der Waals surface area contributed by atoms with Crippen molar-refractivity contribution in [3.63, 3.8) is 0 Å². The minimum Gasteiger partial charge on any atom is -0.381 e. The number of nitrogens with one attached hydrogen (secondary N) is 1. The summed E-state index contributed by atoms with van der Waals surface area (Å²) in [6.07, 6.45) is 4.52. The minimum atomic E-state index is 0.505. The Hall–Kier alpha value is -0.870. The Bertz CT molecular complexity index is 383. The van der Waals surface area contributed by atoms with Crippen molar-refractivity contribution < 1.29 is 4.74 Å². The zero-order valence-corrected chi connectivity index (χ0v) is 12.5. The summed E-state index contributed by atoms with van der Waals surface area (Å²) in [7, 11) is 2.05. The third kappa shape index (κ3) is 3.80. The van der Waals surface area contributed by atoms with Gasteiger partial charge in [0.2, 0.25) is 0 Å². The van der Waals surface area contributed by atoms with Crippen LogP contribution in [0.5, 0.6) is 0 Å². The summed E-state index contributed by atoms with van der Waals surface area (Å²) in [6.45, 7) is 7.18. The molecule has 0 radical (unpaired) electrons. The fraction of sp³-hybridized carbons (Fsp3) is 0.800. The van der Waals surface area contributed by atoms with Crippen molar-refractivity contribution in [3.8, 4) is 0 Å². The predicted molar refractivity (Wildman–Crippen MR) is 77.3 cm³/mol. The number of hydrogen-bond acceptors (Lipinski definition) is 3. The molecule has 1 aromatic rings. The third-order valence-electron chi connectivity index (χ3n) is 4.05. The molecule has 0 aromatic carbocycles. The van der Waals surface area contributed by atoms with Gasteiger partial charge in [-0.25, -0.2) is 0 Å². The Balaban J connectivity index is 2.04. The molecule has 2 heterocycles. The average Bonchev–Trinajstić information content (AvgIpc) is 2.80. The second-order valence-electron chi connectivity index (χ2n) is 5.45. The molecule has 2 rings (SSSR count). The van der Waals surface area contributed by atoms with Crippen LogP contribution in [0.2, 0.25) is 0 Å². The van der Waals surface area contributed by atoms with Gasteiger partial charge in [0.1, 0.15) is 0 Å². The highest BCUT2D eigenvalue weighted by Gasteiger charge is 2.24. The van der Waals surface area contributed by atoms with Crippen molar-refractivity contribution in [2.45, 2.75) is 45.6 Å². The highest BCUT2D eigenvalue weighted by Crippen LogP contribution is 2.20. The summed E-state index contributed by atoms with van der Waals surface area (Å²) in [6, 6.07) is 2.75. The van der Waals surface area contributed by atoms with Gasteiger partial charge in [-0.2, -0.15) is 5.10 Å². The van der Waals surface area contributed by atoms with Gasteiger partial charge < -0.3 is 10.1 Å². The van der Waals surface area contributed by atoms with E-state index in [-0.39, 0.29) is 0 Å². The lowest BCUT2D eigenvalue weighted by atomic mass is 9.90. The van der Waals surface area contributed by atoms with Gasteiger partial charge in [-0.15, -0.1) is 0 Å². The molecule has 1 aliphatic heterocycles. The van der Waals surface area contributed by atoms with E-state index in [2.05, 4.69) is 37.4 Å². The summed E-state index contributed by atoms with van der Waals surface area (Å²) >= 11 is 0. The SMILES string of the molecule is CCNC(Cc1cc(CC)nn1C)C1CCCOC1. The molecule has 1 fully saturated rings. The number of rotatable bonds is 6. The van der Waals surface area contributed by atoms with Crippen LogP contribution in [0.3, 0.4) is 0 Å². The summed E-state index contributed by atoms with van der Waals surface area (Å²) in [4.78, 5) is 0. The lowest BCUT2D eigenvalue weighted by Gasteiger charge is -2.30. The molecule has 2 unspecified atom stereocenters. The van der Waals surface area contributed by atoms with Crippen molar-refractivity contribution in [3.05, 3.63) is 17.5 Å². The molecule has 4 heteroatoms. The molecular weight excluding hydrogens is 238 g/mol. The number of nitrogens with zero attached hydrogens (tertiary/aromatic N) is 2. The Morgan fingerprint density at radius 3 is 2.95 bits per heavy atom. The summed E-state index contributed by atoms with van der Waals surface area (Å²) < 4.78 is 7.68. The standard InChI is InChI=1S/C15H27N3O/c1-4-13-9-14(18(3)17-13)10-15(16-5-2)12-7-6-8-19-11-12/h9,12,15-16H,4-8,10-11H2,1-3H3. The first-order chi connectivity index (χ1) is 9.24. The fourth-order valence-electron chi connectivity index (χ4n) is 2.91. The highest BCUT2D eigenvalue weighted by molar-refractivity contribution is 5.12. The fourth-order valence-corrected chi connectivity index (χ4v) is 2.91. The normalized spacial score (nSPS) is 21.5. The third-order valence-corrected chi connectivity index (χ3v) is 4.05. The van der Waals surface area contributed by atoms with E-state index in [1.807, 2.05) is 4.68 Å². The molecule has 0 amide bonds. The van der Waals surface area contributed by atoms with Crippen molar-refractivity contribution in [2.75, 3.05) is 19.8 Å². The Morgan fingerprint density at radius 2 is 2.37 bits per heavy atom. The van der Waals surface area contributed by atoms with Crippen LogP contribution >= 0.6 is 0 Å². The Kier molecular flexibility index (Phi) is 5.40. The van der Waals surface area contributed by atoms with Gasteiger partial charge in [-0.3, -0.25) is 4.68 Å². The Morgan fingerprint density at radius 1 is 1.53 bits per heavy atom. The molecule has 0 aliphatic carbocycles. The quantitative estimate of drug-likeness (QED) is 0.854. The summed E-state index contributed by atoms with van der Waals surface area (Å²) in [5.74, 6) is 0.633. The summed E-state index contributed by atoms with van der Waals surface area (Å²) in [5, 5.41) is 8.18. The Labute approximate surface area is 116 Å². The van der Waals surface area contributed by atoms with Gasteiger partial charge in [0.25, 0.3) is 0 Å². The van der Waals surface area contributed by atoms with Gasteiger partial charge in [0.05, 0.1) is 12.3 Å². The van der Waals surface area contributed by atoms with Crippen LogP contribution in [0.1, 0.15) is 38.1 Å². The summed E-state index contributed by atoms with van der Waals surface area (Å²) in [5.41, 5.74) is 2.51. The number of likely N-dealkylation sites (N-methyl/N-ethyl adjacent to an activating group) is 1. The molecule has 0 saturated carbocycles. The van der Waals surface area contributed by atoms with Crippen molar-refractivity contribution >= 4 is 0 Å². The lowest BCUT2D eigenvalue weighted by Crippen LogP contribution is -2.42. The van der Waals surface area contributed by atoms with Crippen molar-refractivity contribution in [1.29, 1.82) is 0 Å². The van der Waals surface area contributed by atoms with E-state index in [0.29, 0.717) is 12.0 Å². The first kappa shape index (κ1) is 14.5. The number of hydrogen-bond donors (Lipinski definition) is 1. The maximum atomic E-state index is 5.64. The molecule has 19 heavy (non-hydrogen) atoms. The van der Waals surface area contributed by atoms with Crippen LogP contribution in [0, 0.1) is 5.92 Å². The van der Waals surface area contributed by atoms with E-state index >= 15 is 0 Å². The van der Waals surface area contributed by atoms with Crippen LogP contribution in [0.25, 0.3) is 0 Å². The van der Waals surface area contributed by atoms with E-state index in [0.717, 1.165) is 32.6 Å². The molecule has 0 bridgehead atoms. The second-order valence-corrected chi connectivity index (χ2v) is 5.45. The predicted octanol–water partition coefficient (Wildman–Crippen LogP) is 1.93. The van der Waals surface area contributed by atoms with Crippen molar-refractivity contribution in [1.82, 2.24) is 15.1 Å². The topological polar surface area (TPSA) is 39.1 Å². The molecule has 2 atom stereocenters. The van der Waals surface area contributed by atoms with Gasteiger partial charge in [-0.05, 0) is 37.8 Å². The highest BCUT2D eigenvalue weighted by atomic mass is 16.5. The molecular formula is C15H27N3O. The molecule has 108 valence electrons. The zero-order valence-electron chi connectivity index (χ0n) is 12.5. The van der Waals surface area contributed by atoms with E-state index in [1.165, 1.54) is 24.2 Å². The van der Waals surface area contributed by atoms with E-state index in [1.54, 1.807) is 0 Å². The van der Waals surface area contributed by atoms with Crippen molar-refractivity contribution in [2.24, 2.45) is 13.0 Å². The van der Waals surface area contributed by atoms with Crippen LogP contribution in [-0.2, 0) is 24.6 Å². The first-order valence-electron chi connectivity index (χ1n) is 7.57. The average molecular weight is 265 g/mol. The van der Waals surface area contributed by atoms with Gasteiger partial charge in [0.15, 0.2) is 0 Å². The smallest absolute Gasteiger partial charge is 0.0624 e. The minimum absolute atomic E-state index is 0.505. The van der Waals surface area contributed by atoms with Crippen LogP contribution < -0.4 is 5.32 Å². The van der Waals surface area contributed by atoms with E-state index < -0.39 is 0 Å². The molecule has 1 saturated heterocycles. The zero-order chi connectivity index (χ0) is 13.7. The maximum Gasteiger partial charge on any atom is 0.0624 e. The number of aromatic nitrogens is 2. The largest absolute Gasteiger partial charge is 0.381 e. The molecule has 1 aliphatic rings. The van der Waals surface area contributed by atoms with E-state index in [4.69, 9.17) is 4.74 Å². The lowest BCUT2D eigenvalue weighted by molar-refractivity contribution is 0.0393. The number of ether oxygens (including phenoxy) is 1. The molecule has 1 N–H and O–H groups in total. The monoisotopic (exact) mass is 265 g/mol. The van der Waals surface area contributed by atoms with Gasteiger partial charge in [0, 0.05) is 31.8 Å². The van der Waals surface area contributed by atoms with Gasteiger partial charge in [-0.1, -0.05) is 13.8 Å². The van der Waals surface area contributed by atoms with Crippen LogP contribution in [0.4, 0.5) is 0 Å². The van der Waals surface area contributed by atoms with Crippen LogP contribution in [0.15, 0.2) is 6.07 Å². The van der Waals surface area contributed by atoms with Crippen LogP contribution in [-0.4, -0.2) is 35.6 Å². The molecule has 0 spiro atoms. The molecule has 4 nitrogen and oxygen atoms in total. The molecule has 1 aromatic heterocycles. The van der Waals surface area contributed by atoms with Gasteiger partial charge >= 0.3 is 0 Å². The first-order valence-corrected chi connectivity index (χ1v) is 7.57. The second kappa shape index (κ2) is 7.06. The maximum absolute atomic E-state index is 5.64.